The number of carbonyl (C=O) groups is 2. The van der Waals surface area contributed by atoms with Crippen LogP contribution in [0.15, 0.2) is 29.2 Å². The van der Waals surface area contributed by atoms with Crippen molar-refractivity contribution in [3.63, 3.8) is 0 Å². The van der Waals surface area contributed by atoms with Crippen molar-refractivity contribution in [2.75, 3.05) is 30.3 Å². The Labute approximate surface area is 147 Å². The van der Waals surface area contributed by atoms with Crippen LogP contribution in [-0.4, -0.2) is 54.2 Å². The highest BCUT2D eigenvalue weighted by atomic mass is 32.2. The van der Waals surface area contributed by atoms with Gasteiger partial charge < -0.3 is 10.2 Å². The average Bonchev–Trinajstić information content (AvgIpc) is 2.59. The Bertz CT molecular complexity index is 622. The van der Waals surface area contributed by atoms with E-state index in [9.17, 15) is 9.59 Å². The van der Waals surface area contributed by atoms with Crippen molar-refractivity contribution in [3.8, 4) is 0 Å². The lowest BCUT2D eigenvalue weighted by Crippen LogP contribution is -2.55. The SMILES string of the molecule is CC(=O)NC1CCCN(C(C)C(=O)N2CCSc3ccccc32)C1. The number of likely N-dealkylation sites (tertiary alicyclic amines) is 1. The average molecular weight is 347 g/mol. The molecule has 0 bridgehead atoms. The predicted octanol–water partition coefficient (Wildman–Crippen LogP) is 2.11. The van der Waals surface area contributed by atoms with Gasteiger partial charge in [0, 0.05) is 36.7 Å². The molecule has 0 saturated carbocycles. The standard InChI is InChI=1S/C18H25N3O2S/c1-13(20-9-5-6-15(12-20)19-14(2)22)18(23)21-10-11-24-17-8-4-3-7-16(17)21/h3-4,7-8,13,15H,5-6,9-12H2,1-2H3,(H,19,22). The normalized spacial score (nSPS) is 22.6. The van der Waals surface area contributed by atoms with Gasteiger partial charge in [-0.15, -0.1) is 11.8 Å². The van der Waals surface area contributed by atoms with E-state index in [1.54, 1.807) is 6.92 Å². The second-order valence-corrected chi connectivity index (χ2v) is 7.65. The molecule has 2 unspecified atom stereocenters. The van der Waals surface area contributed by atoms with Crippen molar-refractivity contribution in [2.24, 2.45) is 0 Å². The van der Waals surface area contributed by atoms with E-state index >= 15 is 0 Å². The molecule has 1 aromatic carbocycles. The first-order chi connectivity index (χ1) is 11.6. The van der Waals surface area contributed by atoms with Crippen molar-refractivity contribution >= 4 is 29.3 Å². The molecule has 2 aliphatic rings. The highest BCUT2D eigenvalue weighted by Gasteiger charge is 2.32. The number of anilines is 1. The van der Waals surface area contributed by atoms with Crippen LogP contribution in [0.25, 0.3) is 0 Å². The maximum Gasteiger partial charge on any atom is 0.244 e. The third-order valence-electron chi connectivity index (χ3n) is 4.76. The van der Waals surface area contributed by atoms with Gasteiger partial charge in [0.15, 0.2) is 0 Å². The lowest BCUT2D eigenvalue weighted by Gasteiger charge is -2.39. The molecule has 130 valence electrons. The summed E-state index contributed by atoms with van der Waals surface area (Å²) in [4.78, 5) is 29.7. The molecule has 1 fully saturated rings. The van der Waals surface area contributed by atoms with Crippen molar-refractivity contribution in [1.29, 1.82) is 0 Å². The molecule has 3 rings (SSSR count). The Kier molecular flexibility index (Phi) is 5.46. The lowest BCUT2D eigenvalue weighted by atomic mass is 10.0. The number of carbonyl (C=O) groups excluding carboxylic acids is 2. The zero-order valence-electron chi connectivity index (χ0n) is 14.3. The van der Waals surface area contributed by atoms with Crippen LogP contribution in [0.2, 0.25) is 0 Å². The molecule has 0 radical (unpaired) electrons. The summed E-state index contributed by atoms with van der Waals surface area (Å²) in [7, 11) is 0. The molecule has 6 heteroatoms. The Morgan fingerprint density at radius 2 is 2.08 bits per heavy atom. The van der Waals surface area contributed by atoms with E-state index in [4.69, 9.17) is 0 Å². The molecule has 2 atom stereocenters. The minimum Gasteiger partial charge on any atom is -0.352 e. The number of hydrogen-bond donors (Lipinski definition) is 1. The molecule has 24 heavy (non-hydrogen) atoms. The molecule has 5 nitrogen and oxygen atoms in total. The van der Waals surface area contributed by atoms with Crippen molar-refractivity contribution in [1.82, 2.24) is 10.2 Å². The second kappa shape index (κ2) is 7.57. The molecular formula is C18H25N3O2S. The van der Waals surface area contributed by atoms with E-state index in [-0.39, 0.29) is 23.9 Å². The van der Waals surface area contributed by atoms with E-state index in [1.165, 1.54) is 4.90 Å². The van der Waals surface area contributed by atoms with Crippen LogP contribution < -0.4 is 10.2 Å². The third kappa shape index (κ3) is 3.75. The summed E-state index contributed by atoms with van der Waals surface area (Å²) < 4.78 is 0. The third-order valence-corrected chi connectivity index (χ3v) is 5.80. The van der Waals surface area contributed by atoms with Gasteiger partial charge in [-0.05, 0) is 38.4 Å². The van der Waals surface area contributed by atoms with Crippen LogP contribution in [0.1, 0.15) is 26.7 Å². The summed E-state index contributed by atoms with van der Waals surface area (Å²) in [5.74, 6) is 1.10. The van der Waals surface area contributed by atoms with E-state index in [2.05, 4.69) is 16.3 Å². The van der Waals surface area contributed by atoms with Gasteiger partial charge >= 0.3 is 0 Å². The Hall–Kier alpha value is -1.53. The molecule has 0 aromatic heterocycles. The highest BCUT2D eigenvalue weighted by molar-refractivity contribution is 7.99. The number of fused-ring (bicyclic) bond motifs is 1. The number of thioether (sulfide) groups is 1. The summed E-state index contributed by atoms with van der Waals surface area (Å²) in [5, 5.41) is 2.99. The van der Waals surface area contributed by atoms with Gasteiger partial charge in [0.05, 0.1) is 11.7 Å². The van der Waals surface area contributed by atoms with E-state index in [1.807, 2.05) is 41.8 Å². The Morgan fingerprint density at radius 1 is 1.29 bits per heavy atom. The molecule has 1 saturated heterocycles. The maximum absolute atomic E-state index is 13.1. The molecule has 2 heterocycles. The van der Waals surface area contributed by atoms with Gasteiger partial charge in [0.25, 0.3) is 0 Å². The van der Waals surface area contributed by atoms with Gasteiger partial charge in [0.2, 0.25) is 11.8 Å². The van der Waals surface area contributed by atoms with Gasteiger partial charge in [-0.2, -0.15) is 0 Å². The van der Waals surface area contributed by atoms with Crippen LogP contribution in [0.3, 0.4) is 0 Å². The monoisotopic (exact) mass is 347 g/mol. The fraction of sp³-hybridized carbons (Fsp3) is 0.556. The van der Waals surface area contributed by atoms with Crippen LogP contribution in [0, 0.1) is 0 Å². The fourth-order valence-corrected chi connectivity index (χ4v) is 4.54. The fourth-order valence-electron chi connectivity index (χ4n) is 3.54. The van der Waals surface area contributed by atoms with Gasteiger partial charge in [0.1, 0.15) is 0 Å². The Morgan fingerprint density at radius 3 is 2.88 bits per heavy atom. The highest BCUT2D eigenvalue weighted by Crippen LogP contribution is 2.35. The number of piperidine rings is 1. The van der Waals surface area contributed by atoms with Crippen LogP contribution in [0.4, 0.5) is 5.69 Å². The topological polar surface area (TPSA) is 52.7 Å². The molecule has 2 amide bonds. The van der Waals surface area contributed by atoms with Crippen molar-refractivity contribution in [3.05, 3.63) is 24.3 Å². The first kappa shape index (κ1) is 17.3. The summed E-state index contributed by atoms with van der Waals surface area (Å²) in [6.07, 6.45) is 2.00. The van der Waals surface area contributed by atoms with Crippen LogP contribution >= 0.6 is 11.8 Å². The van der Waals surface area contributed by atoms with Gasteiger partial charge in [-0.3, -0.25) is 14.5 Å². The molecule has 0 aliphatic carbocycles. The van der Waals surface area contributed by atoms with E-state index < -0.39 is 0 Å². The number of nitrogens with zero attached hydrogens (tertiary/aromatic N) is 2. The number of rotatable bonds is 3. The predicted molar refractivity (Wildman–Crippen MR) is 97.4 cm³/mol. The minimum absolute atomic E-state index is 0.00260. The van der Waals surface area contributed by atoms with E-state index in [0.29, 0.717) is 0 Å². The summed E-state index contributed by atoms with van der Waals surface area (Å²) in [5.41, 5.74) is 1.03. The molecule has 1 aromatic rings. The number of nitrogens with one attached hydrogen (secondary N) is 1. The lowest BCUT2D eigenvalue weighted by molar-refractivity contribution is -0.124. The van der Waals surface area contributed by atoms with Crippen LogP contribution in [-0.2, 0) is 9.59 Å². The first-order valence-electron chi connectivity index (χ1n) is 8.60. The Balaban J connectivity index is 1.70. The molecule has 1 N–H and O–H groups in total. The summed E-state index contributed by atoms with van der Waals surface area (Å²) in [6, 6.07) is 8.10. The first-order valence-corrected chi connectivity index (χ1v) is 9.59. The van der Waals surface area contributed by atoms with Gasteiger partial charge in [-0.25, -0.2) is 0 Å². The minimum atomic E-state index is -0.169. The molecule has 2 aliphatic heterocycles. The molecule has 0 spiro atoms. The molecular weight excluding hydrogens is 322 g/mol. The van der Waals surface area contributed by atoms with Crippen molar-refractivity contribution < 1.29 is 9.59 Å². The smallest absolute Gasteiger partial charge is 0.244 e. The summed E-state index contributed by atoms with van der Waals surface area (Å²) in [6.45, 7) is 5.95. The van der Waals surface area contributed by atoms with Crippen LogP contribution in [0.5, 0.6) is 0 Å². The number of benzene rings is 1. The second-order valence-electron chi connectivity index (χ2n) is 6.52. The van der Waals surface area contributed by atoms with Crippen molar-refractivity contribution in [2.45, 2.75) is 43.7 Å². The number of para-hydroxylation sites is 1. The maximum atomic E-state index is 13.1. The van der Waals surface area contributed by atoms with E-state index in [0.717, 1.165) is 43.9 Å². The summed E-state index contributed by atoms with van der Waals surface area (Å²) >= 11 is 1.81. The largest absolute Gasteiger partial charge is 0.352 e. The number of amides is 2. The quantitative estimate of drug-likeness (QED) is 0.910. The number of hydrogen-bond acceptors (Lipinski definition) is 4. The zero-order chi connectivity index (χ0) is 17.1. The zero-order valence-corrected chi connectivity index (χ0v) is 15.1. The van der Waals surface area contributed by atoms with Gasteiger partial charge in [-0.1, -0.05) is 12.1 Å².